The molecule has 27 heavy (non-hydrogen) atoms. The van der Waals surface area contributed by atoms with Crippen molar-refractivity contribution in [1.29, 1.82) is 0 Å². The third-order valence-electron chi connectivity index (χ3n) is 4.32. The molecule has 1 aromatic heterocycles. The third kappa shape index (κ3) is 6.72. The topological polar surface area (TPSA) is 50.8 Å². The van der Waals surface area contributed by atoms with Crippen molar-refractivity contribution < 1.29 is 14.3 Å². The highest BCUT2D eigenvalue weighted by molar-refractivity contribution is 7.07. The average molecular weight is 413 g/mol. The second kappa shape index (κ2) is 11.8. The van der Waals surface area contributed by atoms with Crippen molar-refractivity contribution >= 4 is 29.7 Å². The Kier molecular flexibility index (Phi) is 10.2. The van der Waals surface area contributed by atoms with E-state index in [9.17, 15) is 4.79 Å². The lowest BCUT2D eigenvalue weighted by Gasteiger charge is -2.26. The summed E-state index contributed by atoms with van der Waals surface area (Å²) in [5.41, 5.74) is 2.29. The second-order valence-electron chi connectivity index (χ2n) is 6.29. The Morgan fingerprint density at radius 1 is 1.19 bits per heavy atom. The van der Waals surface area contributed by atoms with Crippen molar-refractivity contribution in [2.75, 3.05) is 34.4 Å². The molecule has 0 bridgehead atoms. The molecule has 0 aliphatic heterocycles. The number of methoxy groups -OCH3 is 2. The van der Waals surface area contributed by atoms with E-state index in [0.717, 1.165) is 12.0 Å². The second-order valence-corrected chi connectivity index (χ2v) is 7.07. The van der Waals surface area contributed by atoms with Crippen molar-refractivity contribution in [3.63, 3.8) is 0 Å². The Morgan fingerprint density at radius 2 is 1.93 bits per heavy atom. The number of halogens is 1. The summed E-state index contributed by atoms with van der Waals surface area (Å²) in [5, 5.41) is 7.23. The number of hydrogen-bond acceptors (Lipinski definition) is 5. The minimum Gasteiger partial charge on any atom is -0.493 e. The fourth-order valence-corrected chi connectivity index (χ4v) is 3.54. The first-order valence-electron chi connectivity index (χ1n) is 8.74. The van der Waals surface area contributed by atoms with E-state index in [0.29, 0.717) is 31.1 Å². The average Bonchev–Trinajstić information content (AvgIpc) is 3.17. The van der Waals surface area contributed by atoms with Gasteiger partial charge in [-0.1, -0.05) is 13.0 Å². The lowest BCUT2D eigenvalue weighted by Crippen LogP contribution is -2.39. The van der Waals surface area contributed by atoms with Crippen LogP contribution in [-0.2, 0) is 17.8 Å². The molecule has 0 saturated heterocycles. The summed E-state index contributed by atoms with van der Waals surface area (Å²) in [5.74, 6) is 1.55. The summed E-state index contributed by atoms with van der Waals surface area (Å²) in [6, 6.07) is 7.97. The highest BCUT2D eigenvalue weighted by Crippen LogP contribution is 2.27. The lowest BCUT2D eigenvalue weighted by molar-refractivity contribution is -0.135. The fraction of sp³-hybridized carbons (Fsp3) is 0.450. The Morgan fingerprint density at radius 3 is 2.52 bits per heavy atom. The van der Waals surface area contributed by atoms with Crippen molar-refractivity contribution in [2.45, 2.75) is 19.9 Å². The number of nitrogens with zero attached hydrogens (tertiary/aromatic N) is 1. The van der Waals surface area contributed by atoms with Gasteiger partial charge in [-0.05, 0) is 53.6 Å². The van der Waals surface area contributed by atoms with Crippen molar-refractivity contribution in [2.24, 2.45) is 5.92 Å². The molecule has 1 aromatic carbocycles. The third-order valence-corrected chi connectivity index (χ3v) is 5.05. The summed E-state index contributed by atoms with van der Waals surface area (Å²) in [6.45, 7) is 3.95. The fourth-order valence-electron chi connectivity index (χ4n) is 2.88. The number of nitrogens with one attached hydrogen (secondary N) is 1. The van der Waals surface area contributed by atoms with Gasteiger partial charge in [0.05, 0.1) is 14.2 Å². The van der Waals surface area contributed by atoms with Crippen LogP contribution < -0.4 is 14.8 Å². The predicted octanol–water partition coefficient (Wildman–Crippen LogP) is 3.61. The van der Waals surface area contributed by atoms with Crippen LogP contribution in [0, 0.1) is 5.92 Å². The van der Waals surface area contributed by atoms with Gasteiger partial charge in [0.1, 0.15) is 0 Å². The molecular formula is C20H29ClN2O3S. The largest absolute Gasteiger partial charge is 0.493 e. The van der Waals surface area contributed by atoms with E-state index in [4.69, 9.17) is 9.47 Å². The van der Waals surface area contributed by atoms with Crippen LogP contribution in [0.4, 0.5) is 0 Å². The zero-order valence-corrected chi connectivity index (χ0v) is 18.0. The maximum absolute atomic E-state index is 12.8. The van der Waals surface area contributed by atoms with Gasteiger partial charge in [0.2, 0.25) is 5.91 Å². The van der Waals surface area contributed by atoms with Crippen LogP contribution in [0.15, 0.2) is 35.0 Å². The highest BCUT2D eigenvalue weighted by atomic mass is 35.5. The number of carbonyl (C=O) groups excluding carboxylic acids is 1. The molecule has 7 heteroatoms. The molecule has 0 radical (unpaired) electrons. The Bertz CT molecular complexity index is 695. The van der Waals surface area contributed by atoms with Gasteiger partial charge < -0.3 is 19.7 Å². The molecule has 0 aliphatic rings. The number of hydrogen-bond donors (Lipinski definition) is 1. The van der Waals surface area contributed by atoms with Crippen LogP contribution in [0.3, 0.4) is 0 Å². The molecule has 0 fully saturated rings. The molecule has 0 saturated carbocycles. The van der Waals surface area contributed by atoms with E-state index in [2.05, 4.69) is 16.8 Å². The van der Waals surface area contributed by atoms with Crippen LogP contribution in [0.5, 0.6) is 11.5 Å². The lowest BCUT2D eigenvalue weighted by atomic mass is 10.1. The first-order valence-corrected chi connectivity index (χ1v) is 9.68. The van der Waals surface area contributed by atoms with E-state index in [1.54, 1.807) is 25.6 Å². The van der Waals surface area contributed by atoms with Gasteiger partial charge in [-0.15, -0.1) is 12.4 Å². The molecule has 150 valence electrons. The monoisotopic (exact) mass is 412 g/mol. The van der Waals surface area contributed by atoms with E-state index < -0.39 is 0 Å². The number of amides is 1. The smallest absolute Gasteiger partial charge is 0.226 e. The summed E-state index contributed by atoms with van der Waals surface area (Å²) < 4.78 is 10.7. The molecule has 2 rings (SSSR count). The molecule has 0 spiro atoms. The van der Waals surface area contributed by atoms with Crippen molar-refractivity contribution in [3.05, 3.63) is 46.2 Å². The standard InChI is InChI=1S/C20H28N2O3S.ClH/c1-15(12-21-2)20(23)22(13-17-8-10-26-14-17)9-7-16-5-6-18(24-3)19(11-16)25-4;/h5-6,8,10-11,14-15,21H,7,9,12-13H2,1-4H3;1H. The normalized spacial score (nSPS) is 11.4. The number of thiophene rings is 1. The van der Waals surface area contributed by atoms with Crippen LogP contribution >= 0.6 is 23.7 Å². The van der Waals surface area contributed by atoms with Crippen molar-refractivity contribution in [3.8, 4) is 11.5 Å². The van der Waals surface area contributed by atoms with E-state index in [-0.39, 0.29) is 24.2 Å². The minimum absolute atomic E-state index is 0. The van der Waals surface area contributed by atoms with Gasteiger partial charge in [0.25, 0.3) is 0 Å². The van der Waals surface area contributed by atoms with Gasteiger partial charge in [0, 0.05) is 25.6 Å². The van der Waals surface area contributed by atoms with Gasteiger partial charge in [-0.2, -0.15) is 11.3 Å². The molecule has 2 aromatic rings. The van der Waals surface area contributed by atoms with E-state index in [1.807, 2.05) is 42.5 Å². The molecule has 1 N–H and O–H groups in total. The van der Waals surface area contributed by atoms with Crippen LogP contribution in [0.1, 0.15) is 18.1 Å². The Balaban J connectivity index is 0.00000364. The minimum atomic E-state index is -0.0518. The molecule has 1 amide bonds. The highest BCUT2D eigenvalue weighted by Gasteiger charge is 2.20. The van der Waals surface area contributed by atoms with E-state index >= 15 is 0 Å². The maximum Gasteiger partial charge on any atom is 0.226 e. The summed E-state index contributed by atoms with van der Waals surface area (Å²) in [4.78, 5) is 14.8. The number of ether oxygens (including phenoxy) is 2. The quantitative estimate of drug-likeness (QED) is 0.647. The number of carbonyl (C=O) groups is 1. The molecule has 1 unspecified atom stereocenters. The van der Waals surface area contributed by atoms with Crippen molar-refractivity contribution in [1.82, 2.24) is 10.2 Å². The van der Waals surface area contributed by atoms with E-state index in [1.165, 1.54) is 5.56 Å². The zero-order chi connectivity index (χ0) is 18.9. The van der Waals surface area contributed by atoms with Gasteiger partial charge in [-0.3, -0.25) is 4.79 Å². The van der Waals surface area contributed by atoms with Crippen LogP contribution in [-0.4, -0.2) is 45.2 Å². The summed E-state index contributed by atoms with van der Waals surface area (Å²) in [6.07, 6.45) is 0.766. The molecule has 5 nitrogen and oxygen atoms in total. The molecule has 1 atom stereocenters. The van der Waals surface area contributed by atoms with Crippen LogP contribution in [0.25, 0.3) is 0 Å². The van der Waals surface area contributed by atoms with Gasteiger partial charge >= 0.3 is 0 Å². The first-order chi connectivity index (χ1) is 12.6. The summed E-state index contributed by atoms with van der Waals surface area (Å²) in [7, 11) is 5.13. The molecule has 1 heterocycles. The molecule has 0 aliphatic carbocycles. The van der Waals surface area contributed by atoms with Crippen LogP contribution in [0.2, 0.25) is 0 Å². The zero-order valence-electron chi connectivity index (χ0n) is 16.4. The molecular weight excluding hydrogens is 384 g/mol. The SMILES string of the molecule is CNCC(C)C(=O)N(CCc1ccc(OC)c(OC)c1)Cc1ccsc1.Cl. The maximum atomic E-state index is 12.8. The van der Waals surface area contributed by atoms with Gasteiger partial charge in [-0.25, -0.2) is 0 Å². The predicted molar refractivity (Wildman–Crippen MR) is 113 cm³/mol. The number of rotatable bonds is 10. The van der Waals surface area contributed by atoms with Gasteiger partial charge in [0.15, 0.2) is 11.5 Å². The Labute approximate surface area is 172 Å². The first kappa shape index (κ1) is 23.3. The summed E-state index contributed by atoms with van der Waals surface area (Å²) >= 11 is 1.65. The Hall–Kier alpha value is -1.76. The number of benzene rings is 1.